The van der Waals surface area contributed by atoms with Crippen LogP contribution in [-0.2, 0) is 12.8 Å². The maximum absolute atomic E-state index is 5.50. The number of piperidine rings is 1. The molecule has 1 aromatic carbocycles. The average molecular weight is 269 g/mol. The van der Waals surface area contributed by atoms with Crippen LogP contribution in [-0.4, -0.2) is 34.7 Å². The van der Waals surface area contributed by atoms with Gasteiger partial charge in [-0.1, -0.05) is 35.5 Å². The molecule has 2 aliphatic heterocycles. The van der Waals surface area contributed by atoms with E-state index >= 15 is 0 Å². The zero-order chi connectivity index (χ0) is 13.4. The van der Waals surface area contributed by atoms with Crippen LogP contribution in [0, 0.1) is 5.92 Å². The summed E-state index contributed by atoms with van der Waals surface area (Å²) in [6, 6.07) is 10.5. The van der Waals surface area contributed by atoms with Crippen molar-refractivity contribution in [3.8, 4) is 0 Å². The molecule has 2 fully saturated rings. The van der Waals surface area contributed by atoms with Crippen molar-refractivity contribution in [1.29, 1.82) is 0 Å². The molecule has 2 bridgehead atoms. The SMILES string of the molecule is c1ccc(CCc2noc(C3CN4CCC3C4)n2)cc1. The van der Waals surface area contributed by atoms with E-state index in [1.807, 2.05) is 6.07 Å². The summed E-state index contributed by atoms with van der Waals surface area (Å²) in [7, 11) is 0. The van der Waals surface area contributed by atoms with Gasteiger partial charge in [-0.15, -0.1) is 0 Å². The Morgan fingerprint density at radius 3 is 2.80 bits per heavy atom. The summed E-state index contributed by atoms with van der Waals surface area (Å²) in [5, 5.41) is 4.15. The van der Waals surface area contributed by atoms with Gasteiger partial charge in [0.15, 0.2) is 5.82 Å². The number of nitrogens with zero attached hydrogens (tertiary/aromatic N) is 3. The van der Waals surface area contributed by atoms with Crippen molar-refractivity contribution < 1.29 is 4.52 Å². The lowest BCUT2D eigenvalue weighted by molar-refractivity contribution is 0.288. The van der Waals surface area contributed by atoms with Crippen LogP contribution < -0.4 is 0 Å². The van der Waals surface area contributed by atoms with Crippen LogP contribution in [0.3, 0.4) is 0 Å². The second-order valence-corrected chi connectivity index (χ2v) is 5.95. The monoisotopic (exact) mass is 269 g/mol. The highest BCUT2D eigenvalue weighted by Gasteiger charge is 2.41. The molecule has 3 heterocycles. The minimum absolute atomic E-state index is 0.474. The van der Waals surface area contributed by atoms with Crippen LogP contribution in [0.4, 0.5) is 0 Å². The van der Waals surface area contributed by atoms with Gasteiger partial charge >= 0.3 is 0 Å². The minimum atomic E-state index is 0.474. The molecule has 20 heavy (non-hydrogen) atoms. The highest BCUT2D eigenvalue weighted by molar-refractivity contribution is 5.15. The Hall–Kier alpha value is -1.68. The van der Waals surface area contributed by atoms with Crippen molar-refractivity contribution in [2.24, 2.45) is 5.92 Å². The number of benzene rings is 1. The lowest BCUT2D eigenvalue weighted by atomic mass is 9.93. The van der Waals surface area contributed by atoms with Crippen LogP contribution in [0.1, 0.15) is 29.6 Å². The van der Waals surface area contributed by atoms with Crippen molar-refractivity contribution in [3.05, 3.63) is 47.6 Å². The Kier molecular flexibility index (Phi) is 3.03. The lowest BCUT2D eigenvalue weighted by Crippen LogP contribution is -2.22. The summed E-state index contributed by atoms with van der Waals surface area (Å²) < 4.78 is 5.50. The molecule has 104 valence electrons. The molecule has 0 amide bonds. The van der Waals surface area contributed by atoms with Gasteiger partial charge in [-0.2, -0.15) is 4.98 Å². The fourth-order valence-corrected chi connectivity index (χ4v) is 3.48. The average Bonchev–Trinajstić information content (AvgIpc) is 3.22. The van der Waals surface area contributed by atoms with Gasteiger partial charge < -0.3 is 9.42 Å². The second-order valence-electron chi connectivity index (χ2n) is 5.95. The van der Waals surface area contributed by atoms with Gasteiger partial charge in [0.2, 0.25) is 5.89 Å². The Morgan fingerprint density at radius 2 is 2.05 bits per heavy atom. The number of fused-ring (bicyclic) bond motifs is 2. The first-order valence-corrected chi connectivity index (χ1v) is 7.47. The first kappa shape index (κ1) is 12.1. The molecule has 2 saturated heterocycles. The molecule has 0 N–H and O–H groups in total. The maximum atomic E-state index is 5.50. The smallest absolute Gasteiger partial charge is 0.231 e. The van der Waals surface area contributed by atoms with Gasteiger partial charge in [0, 0.05) is 19.5 Å². The topological polar surface area (TPSA) is 42.2 Å². The molecular formula is C16H19N3O. The first-order valence-electron chi connectivity index (χ1n) is 7.47. The largest absolute Gasteiger partial charge is 0.339 e. The number of aromatic nitrogens is 2. The van der Waals surface area contributed by atoms with E-state index in [-0.39, 0.29) is 0 Å². The third-order valence-electron chi connectivity index (χ3n) is 4.61. The summed E-state index contributed by atoms with van der Waals surface area (Å²) in [6.45, 7) is 3.56. The Balaban J connectivity index is 1.41. The van der Waals surface area contributed by atoms with Crippen LogP contribution in [0.15, 0.2) is 34.9 Å². The Morgan fingerprint density at radius 1 is 1.15 bits per heavy atom. The minimum Gasteiger partial charge on any atom is -0.339 e. The number of aryl methyl sites for hydroxylation is 2. The van der Waals surface area contributed by atoms with E-state index in [4.69, 9.17) is 4.52 Å². The van der Waals surface area contributed by atoms with Gasteiger partial charge in [-0.05, 0) is 30.9 Å². The summed E-state index contributed by atoms with van der Waals surface area (Å²) in [4.78, 5) is 7.12. The molecule has 4 nitrogen and oxygen atoms in total. The predicted octanol–water partition coefficient (Wildman–Crippen LogP) is 2.27. The molecule has 2 aromatic rings. The quantitative estimate of drug-likeness (QED) is 0.854. The van der Waals surface area contributed by atoms with E-state index in [0.717, 1.165) is 37.0 Å². The number of hydrogen-bond acceptors (Lipinski definition) is 4. The second kappa shape index (κ2) is 5.02. The van der Waals surface area contributed by atoms with Crippen LogP contribution in [0.25, 0.3) is 0 Å². The zero-order valence-corrected chi connectivity index (χ0v) is 11.5. The predicted molar refractivity (Wildman–Crippen MR) is 75.4 cm³/mol. The summed E-state index contributed by atoms with van der Waals surface area (Å²) in [5.74, 6) is 2.92. The molecule has 3 atom stereocenters. The first-order chi connectivity index (χ1) is 9.88. The molecule has 4 heteroatoms. The normalized spacial score (nSPS) is 28.1. The summed E-state index contributed by atoms with van der Waals surface area (Å²) in [6.07, 6.45) is 3.11. The molecule has 1 aromatic heterocycles. The zero-order valence-electron chi connectivity index (χ0n) is 11.5. The Bertz CT molecular complexity index is 580. The van der Waals surface area contributed by atoms with E-state index in [0.29, 0.717) is 5.92 Å². The lowest BCUT2D eigenvalue weighted by Gasteiger charge is -2.17. The van der Waals surface area contributed by atoms with E-state index in [1.165, 1.54) is 25.1 Å². The molecular weight excluding hydrogens is 250 g/mol. The molecule has 0 saturated carbocycles. The summed E-state index contributed by atoms with van der Waals surface area (Å²) in [5.41, 5.74) is 1.32. The number of hydrogen-bond donors (Lipinski definition) is 0. The standard InChI is InChI=1S/C16H19N3O/c1-2-4-12(5-3-1)6-7-15-17-16(20-18-15)14-11-19-9-8-13(14)10-19/h1-5,13-14H,6-11H2. The fraction of sp³-hybridized carbons (Fsp3) is 0.500. The van der Waals surface area contributed by atoms with Gasteiger partial charge in [0.1, 0.15) is 0 Å². The van der Waals surface area contributed by atoms with Crippen molar-refractivity contribution in [2.45, 2.75) is 25.2 Å². The highest BCUT2D eigenvalue weighted by Crippen LogP contribution is 2.38. The third kappa shape index (κ3) is 2.24. The van der Waals surface area contributed by atoms with Crippen molar-refractivity contribution >= 4 is 0 Å². The molecule has 0 radical (unpaired) electrons. The fourth-order valence-electron chi connectivity index (χ4n) is 3.48. The van der Waals surface area contributed by atoms with Gasteiger partial charge in [-0.3, -0.25) is 0 Å². The number of rotatable bonds is 4. The molecule has 4 rings (SSSR count). The van der Waals surface area contributed by atoms with E-state index in [1.54, 1.807) is 0 Å². The molecule has 2 aliphatic rings. The summed E-state index contributed by atoms with van der Waals surface area (Å²) >= 11 is 0. The van der Waals surface area contributed by atoms with Gasteiger partial charge in [0.05, 0.1) is 5.92 Å². The Labute approximate surface area is 118 Å². The van der Waals surface area contributed by atoms with Crippen molar-refractivity contribution in [2.75, 3.05) is 19.6 Å². The van der Waals surface area contributed by atoms with Gasteiger partial charge in [0.25, 0.3) is 0 Å². The van der Waals surface area contributed by atoms with Crippen molar-refractivity contribution in [3.63, 3.8) is 0 Å². The molecule has 3 unspecified atom stereocenters. The van der Waals surface area contributed by atoms with E-state index < -0.39 is 0 Å². The maximum Gasteiger partial charge on any atom is 0.231 e. The van der Waals surface area contributed by atoms with Crippen molar-refractivity contribution in [1.82, 2.24) is 15.0 Å². The highest BCUT2D eigenvalue weighted by atomic mass is 16.5. The molecule has 0 aliphatic carbocycles. The van der Waals surface area contributed by atoms with Crippen LogP contribution in [0.5, 0.6) is 0 Å². The molecule has 0 spiro atoms. The third-order valence-corrected chi connectivity index (χ3v) is 4.61. The van der Waals surface area contributed by atoms with Gasteiger partial charge in [-0.25, -0.2) is 0 Å². The van der Waals surface area contributed by atoms with Crippen LogP contribution >= 0.6 is 0 Å². The van der Waals surface area contributed by atoms with E-state index in [2.05, 4.69) is 39.3 Å². The van der Waals surface area contributed by atoms with E-state index in [9.17, 15) is 0 Å². The van der Waals surface area contributed by atoms with Crippen LogP contribution in [0.2, 0.25) is 0 Å².